The zero-order chi connectivity index (χ0) is 26.3. The van der Waals surface area contributed by atoms with E-state index in [2.05, 4.69) is 10.3 Å². The summed E-state index contributed by atoms with van der Waals surface area (Å²) >= 11 is 0. The minimum atomic E-state index is -0.522. The Morgan fingerprint density at radius 3 is 2.17 bits per heavy atom. The monoisotopic (exact) mass is 495 g/mol. The first-order valence-corrected chi connectivity index (χ1v) is 11.6. The molecule has 0 aliphatic heterocycles. The molecule has 0 aliphatic rings. The summed E-state index contributed by atoms with van der Waals surface area (Å²) in [6.07, 6.45) is 0.158. The zero-order valence-electron chi connectivity index (χ0n) is 21.6. The fraction of sp³-hybridized carbons (Fsp3) is 0.370. The van der Waals surface area contributed by atoms with E-state index in [1.165, 1.54) is 4.90 Å². The molecule has 2 aromatic carbocycles. The molecule has 0 radical (unpaired) electrons. The lowest BCUT2D eigenvalue weighted by molar-refractivity contribution is -0.155. The van der Waals surface area contributed by atoms with Crippen LogP contribution in [0.15, 0.2) is 52.9 Å². The number of carbonyl (C=O) groups is 2. The van der Waals surface area contributed by atoms with Gasteiger partial charge in [-0.25, -0.2) is 9.78 Å². The number of oxazole rings is 1. The van der Waals surface area contributed by atoms with E-state index in [9.17, 15) is 9.59 Å². The van der Waals surface area contributed by atoms with Gasteiger partial charge < -0.3 is 28.8 Å². The van der Waals surface area contributed by atoms with E-state index in [1.807, 2.05) is 57.2 Å². The molecule has 3 aromatic rings. The van der Waals surface area contributed by atoms with Crippen LogP contribution >= 0.6 is 0 Å². The maximum atomic E-state index is 11.9. The molecule has 0 aliphatic carbocycles. The first-order chi connectivity index (χ1) is 17.1. The molecule has 36 heavy (non-hydrogen) atoms. The predicted molar refractivity (Wildman–Crippen MR) is 136 cm³/mol. The number of hydrogen-bond acceptors (Lipinski definition) is 7. The van der Waals surface area contributed by atoms with Gasteiger partial charge >= 0.3 is 12.0 Å². The molecule has 0 bridgehead atoms. The van der Waals surface area contributed by atoms with Gasteiger partial charge in [-0.05, 0) is 69.3 Å². The van der Waals surface area contributed by atoms with Crippen LogP contribution in [-0.2, 0) is 16.1 Å². The molecule has 0 spiro atoms. The van der Waals surface area contributed by atoms with Gasteiger partial charge in [0.1, 0.15) is 22.8 Å². The van der Waals surface area contributed by atoms with Gasteiger partial charge in [-0.2, -0.15) is 0 Å². The van der Waals surface area contributed by atoms with E-state index in [0.717, 1.165) is 16.9 Å². The van der Waals surface area contributed by atoms with Crippen molar-refractivity contribution >= 4 is 12.0 Å². The fourth-order valence-corrected chi connectivity index (χ4v) is 3.24. The molecule has 0 fully saturated rings. The molecule has 9 nitrogen and oxygen atoms in total. The van der Waals surface area contributed by atoms with Gasteiger partial charge in [0.25, 0.3) is 0 Å². The number of esters is 1. The van der Waals surface area contributed by atoms with E-state index in [0.29, 0.717) is 23.1 Å². The lowest BCUT2D eigenvalue weighted by Gasteiger charge is -2.19. The molecule has 3 rings (SSSR count). The summed E-state index contributed by atoms with van der Waals surface area (Å²) in [6.45, 7) is 5.84. The van der Waals surface area contributed by atoms with Crippen molar-refractivity contribution in [2.75, 3.05) is 27.8 Å². The Bertz CT molecular complexity index is 1160. The van der Waals surface area contributed by atoms with Gasteiger partial charge in [0.05, 0.1) is 26.7 Å². The summed E-state index contributed by atoms with van der Waals surface area (Å²) < 4.78 is 22.3. The second-order valence-corrected chi connectivity index (χ2v) is 9.28. The highest BCUT2D eigenvalue weighted by Crippen LogP contribution is 2.34. The van der Waals surface area contributed by atoms with Crippen LogP contribution in [0.4, 0.5) is 4.79 Å². The third-order valence-electron chi connectivity index (χ3n) is 4.94. The highest BCUT2D eigenvalue weighted by atomic mass is 16.6. The molecule has 1 aromatic heterocycles. The van der Waals surface area contributed by atoms with Crippen molar-refractivity contribution < 1.29 is 28.2 Å². The van der Waals surface area contributed by atoms with Crippen LogP contribution in [0.25, 0.3) is 22.6 Å². The average Bonchev–Trinajstić information content (AvgIpc) is 3.26. The number of benzene rings is 2. The summed E-state index contributed by atoms with van der Waals surface area (Å²) in [5.41, 5.74) is 1.76. The maximum Gasteiger partial charge on any atom is 0.317 e. The number of methoxy groups -OCH3 is 1. The van der Waals surface area contributed by atoms with Crippen molar-refractivity contribution in [1.29, 1.82) is 0 Å². The number of nitrogens with one attached hydrogen (secondary N) is 1. The minimum absolute atomic E-state index is 0.145. The van der Waals surface area contributed by atoms with Gasteiger partial charge in [-0.3, -0.25) is 4.79 Å². The molecular weight excluding hydrogens is 462 g/mol. The third-order valence-corrected chi connectivity index (χ3v) is 4.94. The highest BCUT2D eigenvalue weighted by molar-refractivity contribution is 5.77. The number of hydrogen-bond donors (Lipinski definition) is 1. The zero-order valence-corrected chi connectivity index (χ0v) is 21.6. The van der Waals surface area contributed by atoms with Gasteiger partial charge in [-0.1, -0.05) is 0 Å². The number of carbonyl (C=O) groups excluding carboxylic acids is 2. The fourth-order valence-electron chi connectivity index (χ4n) is 3.24. The van der Waals surface area contributed by atoms with Crippen LogP contribution in [-0.4, -0.2) is 55.3 Å². The second-order valence-electron chi connectivity index (χ2n) is 9.28. The standard InChI is InChI=1S/C27H33N3O6/c1-27(2,3)36-23(31)15-16-34-21-13-9-19(10-14-21)25-24(18-7-11-20(33-6)12-8-18)29-22(35-25)17-28-26(32)30(4)5/h7-14H,15-17H2,1-6H3,(H,28,32). The molecule has 0 unspecified atom stereocenters. The smallest absolute Gasteiger partial charge is 0.317 e. The molecule has 192 valence electrons. The summed E-state index contributed by atoms with van der Waals surface area (Å²) in [6, 6.07) is 14.6. The van der Waals surface area contributed by atoms with Crippen molar-refractivity contribution in [3.63, 3.8) is 0 Å². The Balaban J connectivity index is 1.77. The molecule has 0 saturated heterocycles. The average molecular weight is 496 g/mol. The van der Waals surface area contributed by atoms with Gasteiger partial charge in [0.2, 0.25) is 5.89 Å². The summed E-state index contributed by atoms with van der Waals surface area (Å²) in [5, 5.41) is 2.77. The van der Waals surface area contributed by atoms with Crippen LogP contribution in [0.1, 0.15) is 33.1 Å². The van der Waals surface area contributed by atoms with Crippen molar-refractivity contribution in [3.05, 3.63) is 54.4 Å². The van der Waals surface area contributed by atoms with E-state index in [1.54, 1.807) is 33.3 Å². The second kappa shape index (κ2) is 11.6. The Hall–Kier alpha value is -4.01. The summed E-state index contributed by atoms with van der Waals surface area (Å²) in [7, 11) is 4.94. The first kappa shape index (κ1) is 26.6. The van der Waals surface area contributed by atoms with E-state index in [4.69, 9.17) is 18.6 Å². The number of urea groups is 1. The van der Waals surface area contributed by atoms with Crippen molar-refractivity contribution in [2.45, 2.75) is 39.3 Å². The predicted octanol–water partition coefficient (Wildman–Crippen LogP) is 4.90. The number of ether oxygens (including phenoxy) is 3. The van der Waals surface area contributed by atoms with E-state index in [-0.39, 0.29) is 31.6 Å². The summed E-state index contributed by atoms with van der Waals surface area (Å²) in [5.74, 6) is 1.98. The van der Waals surface area contributed by atoms with Crippen LogP contribution in [0.2, 0.25) is 0 Å². The number of aromatic nitrogens is 1. The topological polar surface area (TPSA) is 103 Å². The van der Waals surface area contributed by atoms with Crippen LogP contribution in [0.3, 0.4) is 0 Å². The molecule has 0 saturated carbocycles. The molecule has 1 heterocycles. The number of amides is 2. The molecule has 2 amide bonds. The van der Waals surface area contributed by atoms with Crippen molar-refractivity contribution in [1.82, 2.24) is 15.2 Å². The van der Waals surface area contributed by atoms with Gasteiger partial charge in [0, 0.05) is 25.2 Å². The Kier molecular flexibility index (Phi) is 8.58. The third kappa shape index (κ3) is 7.49. The van der Waals surface area contributed by atoms with Gasteiger partial charge in [-0.15, -0.1) is 0 Å². The molecule has 0 atom stereocenters. The van der Waals surface area contributed by atoms with Gasteiger partial charge in [0.15, 0.2) is 5.76 Å². The molecular formula is C27H33N3O6. The molecule has 1 N–H and O–H groups in total. The Labute approximate surface area is 211 Å². The quantitative estimate of drug-likeness (QED) is 0.421. The highest BCUT2D eigenvalue weighted by Gasteiger charge is 2.19. The van der Waals surface area contributed by atoms with Crippen LogP contribution < -0.4 is 14.8 Å². The van der Waals surface area contributed by atoms with Crippen LogP contribution in [0, 0.1) is 0 Å². The van der Waals surface area contributed by atoms with Crippen molar-refractivity contribution in [3.8, 4) is 34.1 Å². The SMILES string of the molecule is COc1ccc(-c2nc(CNC(=O)N(C)C)oc2-c2ccc(OCCC(=O)OC(C)(C)C)cc2)cc1. The first-order valence-electron chi connectivity index (χ1n) is 11.6. The Morgan fingerprint density at radius 2 is 1.58 bits per heavy atom. The largest absolute Gasteiger partial charge is 0.497 e. The lowest BCUT2D eigenvalue weighted by atomic mass is 10.1. The molecule has 9 heteroatoms. The summed E-state index contributed by atoms with van der Waals surface area (Å²) in [4.78, 5) is 29.9. The normalized spacial score (nSPS) is 11.1. The lowest BCUT2D eigenvalue weighted by Crippen LogP contribution is -2.33. The number of rotatable bonds is 9. The van der Waals surface area contributed by atoms with Crippen molar-refractivity contribution in [2.24, 2.45) is 0 Å². The minimum Gasteiger partial charge on any atom is -0.497 e. The van der Waals surface area contributed by atoms with E-state index < -0.39 is 5.60 Å². The van der Waals surface area contributed by atoms with E-state index >= 15 is 0 Å². The number of nitrogens with zero attached hydrogens (tertiary/aromatic N) is 2. The Morgan fingerprint density at radius 1 is 0.972 bits per heavy atom. The maximum absolute atomic E-state index is 11.9. The van der Waals surface area contributed by atoms with Crippen LogP contribution in [0.5, 0.6) is 11.5 Å².